The molecule has 0 unspecified atom stereocenters. The van der Waals surface area contributed by atoms with Crippen molar-refractivity contribution >= 4 is 18.5 Å². The third kappa shape index (κ3) is 4.68. The van der Waals surface area contributed by atoms with E-state index in [1.54, 1.807) is 0 Å². The topological polar surface area (TPSA) is 9.23 Å². The summed E-state index contributed by atoms with van der Waals surface area (Å²) in [6.07, 6.45) is 2.21. The zero-order valence-corrected chi connectivity index (χ0v) is 14.0. The van der Waals surface area contributed by atoms with Gasteiger partial charge in [-0.1, -0.05) is 78.9 Å². The van der Waals surface area contributed by atoms with Gasteiger partial charge in [0.25, 0.3) is 0 Å². The summed E-state index contributed by atoms with van der Waals surface area (Å²) >= 11 is 0. The van der Waals surface area contributed by atoms with Crippen molar-refractivity contribution in [3.05, 3.63) is 91.0 Å². The maximum atomic E-state index is 5.84. The molecule has 0 saturated carbocycles. The van der Waals surface area contributed by atoms with E-state index in [4.69, 9.17) is 4.74 Å². The average Bonchev–Trinajstić information content (AvgIpc) is 2.64. The van der Waals surface area contributed by atoms with Crippen LogP contribution in [0.2, 0.25) is 0 Å². The lowest BCUT2D eigenvalue weighted by atomic mass is 10.3. The fraction of sp³-hybridized carbons (Fsp3) is 0.143. The quantitative estimate of drug-likeness (QED) is 0.457. The molecule has 0 fully saturated rings. The zero-order valence-electron chi connectivity index (χ0n) is 13.1. The fourth-order valence-corrected chi connectivity index (χ4v) is 4.88. The van der Waals surface area contributed by atoms with Crippen LogP contribution in [0.1, 0.15) is 6.42 Å². The van der Waals surface area contributed by atoms with Crippen LogP contribution in [0.3, 0.4) is 0 Å². The third-order valence-electron chi connectivity index (χ3n) is 3.67. The van der Waals surface area contributed by atoms with E-state index >= 15 is 0 Å². The van der Waals surface area contributed by atoms with Crippen LogP contribution < -0.4 is 15.3 Å². The van der Waals surface area contributed by atoms with Gasteiger partial charge in [-0.25, -0.2) is 0 Å². The number of rotatable bonds is 7. The molecule has 0 aliphatic rings. The largest absolute Gasteiger partial charge is 0.494 e. The number of hydrogen-bond acceptors (Lipinski definition) is 1. The molecule has 0 aromatic heterocycles. The molecule has 0 aliphatic carbocycles. The molecule has 3 aromatic rings. The summed E-state index contributed by atoms with van der Waals surface area (Å²) in [5.41, 5.74) is 0. The van der Waals surface area contributed by atoms with Gasteiger partial charge in [0.1, 0.15) is 5.75 Å². The van der Waals surface area contributed by atoms with E-state index < -0.39 is 0 Å². The number of ether oxygens (including phenoxy) is 1. The Bertz CT molecular complexity index is 643. The first kappa shape index (κ1) is 15.8. The van der Waals surface area contributed by atoms with Crippen LogP contribution in [0.5, 0.6) is 5.75 Å². The number of hydrogen-bond donors (Lipinski definition) is 0. The van der Waals surface area contributed by atoms with Crippen LogP contribution in [0.15, 0.2) is 91.0 Å². The highest BCUT2D eigenvalue weighted by Crippen LogP contribution is 2.34. The molecule has 0 atom stereocenters. The number of para-hydroxylation sites is 1. The monoisotopic (exact) mass is 320 g/mol. The first-order valence-corrected chi connectivity index (χ1v) is 9.52. The molecule has 0 saturated heterocycles. The Kier molecular flexibility index (Phi) is 5.83. The van der Waals surface area contributed by atoms with Gasteiger partial charge in [0.2, 0.25) is 0 Å². The predicted molar refractivity (Wildman–Crippen MR) is 100 cm³/mol. The second-order valence-corrected chi connectivity index (χ2v) is 7.67. The standard InChI is InChI=1S/C21H21OP/c1-4-11-19(12-5-1)22-17-10-18-23(20-13-6-2-7-14-20)21-15-8-3-9-16-21/h1-9,11-16H,10,17-18H2. The molecule has 1 nitrogen and oxygen atoms in total. The fourth-order valence-electron chi connectivity index (χ4n) is 2.55. The van der Waals surface area contributed by atoms with E-state index in [1.165, 1.54) is 10.6 Å². The van der Waals surface area contributed by atoms with Gasteiger partial charge in [0, 0.05) is 0 Å². The van der Waals surface area contributed by atoms with Crippen molar-refractivity contribution in [2.45, 2.75) is 6.42 Å². The van der Waals surface area contributed by atoms with E-state index in [2.05, 4.69) is 60.7 Å². The molecule has 0 heterocycles. The molecule has 0 spiro atoms. The van der Waals surface area contributed by atoms with E-state index in [0.29, 0.717) is 0 Å². The summed E-state index contributed by atoms with van der Waals surface area (Å²) in [6.45, 7) is 0.766. The minimum absolute atomic E-state index is 0.311. The van der Waals surface area contributed by atoms with Crippen LogP contribution in [-0.4, -0.2) is 12.8 Å². The Morgan fingerprint density at radius 1 is 0.609 bits per heavy atom. The van der Waals surface area contributed by atoms with Gasteiger partial charge in [-0.2, -0.15) is 0 Å². The number of benzene rings is 3. The first-order chi connectivity index (χ1) is 11.4. The maximum absolute atomic E-state index is 5.84. The lowest BCUT2D eigenvalue weighted by molar-refractivity contribution is 0.318. The minimum atomic E-state index is -0.311. The summed E-state index contributed by atoms with van der Waals surface area (Å²) in [4.78, 5) is 0. The molecular formula is C21H21OP. The molecule has 116 valence electrons. The van der Waals surface area contributed by atoms with Gasteiger partial charge >= 0.3 is 0 Å². The average molecular weight is 320 g/mol. The van der Waals surface area contributed by atoms with Crippen molar-refractivity contribution in [3.8, 4) is 5.75 Å². The van der Waals surface area contributed by atoms with Gasteiger partial charge in [-0.15, -0.1) is 0 Å². The molecule has 0 N–H and O–H groups in total. The highest BCUT2D eigenvalue weighted by Gasteiger charge is 2.12. The molecule has 2 heteroatoms. The Morgan fingerprint density at radius 2 is 1.09 bits per heavy atom. The Balaban J connectivity index is 1.63. The van der Waals surface area contributed by atoms with E-state index in [9.17, 15) is 0 Å². The summed E-state index contributed by atoms with van der Waals surface area (Å²) in [5, 5.41) is 2.88. The highest BCUT2D eigenvalue weighted by atomic mass is 31.1. The van der Waals surface area contributed by atoms with Gasteiger partial charge in [-0.05, 0) is 43.2 Å². The summed E-state index contributed by atoms with van der Waals surface area (Å²) in [5.74, 6) is 0.955. The second kappa shape index (κ2) is 8.50. The zero-order chi connectivity index (χ0) is 15.7. The van der Waals surface area contributed by atoms with Crippen molar-refractivity contribution in [2.75, 3.05) is 12.8 Å². The van der Waals surface area contributed by atoms with Crippen molar-refractivity contribution in [1.82, 2.24) is 0 Å². The molecular weight excluding hydrogens is 299 g/mol. The first-order valence-electron chi connectivity index (χ1n) is 7.99. The Hall–Kier alpha value is -2.11. The van der Waals surface area contributed by atoms with E-state index in [-0.39, 0.29) is 7.92 Å². The van der Waals surface area contributed by atoms with E-state index in [0.717, 1.165) is 24.9 Å². The van der Waals surface area contributed by atoms with Crippen molar-refractivity contribution in [2.24, 2.45) is 0 Å². The van der Waals surface area contributed by atoms with E-state index in [1.807, 2.05) is 30.3 Å². The Morgan fingerprint density at radius 3 is 1.61 bits per heavy atom. The van der Waals surface area contributed by atoms with Crippen LogP contribution >= 0.6 is 7.92 Å². The molecule has 0 amide bonds. The van der Waals surface area contributed by atoms with Gasteiger partial charge < -0.3 is 4.74 Å². The molecule has 3 aromatic carbocycles. The van der Waals surface area contributed by atoms with Gasteiger partial charge in [-0.3, -0.25) is 0 Å². The smallest absolute Gasteiger partial charge is 0.119 e. The third-order valence-corrected chi connectivity index (χ3v) is 6.28. The van der Waals surface area contributed by atoms with Gasteiger partial charge in [0.15, 0.2) is 0 Å². The van der Waals surface area contributed by atoms with Crippen molar-refractivity contribution in [3.63, 3.8) is 0 Å². The molecule has 0 aliphatic heterocycles. The summed E-state index contributed by atoms with van der Waals surface area (Å²) < 4.78 is 5.84. The van der Waals surface area contributed by atoms with Crippen LogP contribution in [0, 0.1) is 0 Å². The molecule has 3 rings (SSSR count). The van der Waals surface area contributed by atoms with Crippen LogP contribution in [0.25, 0.3) is 0 Å². The van der Waals surface area contributed by atoms with Crippen LogP contribution in [-0.2, 0) is 0 Å². The lowest BCUT2D eigenvalue weighted by Crippen LogP contribution is -2.15. The molecule has 23 heavy (non-hydrogen) atoms. The molecule has 0 radical (unpaired) electrons. The second-order valence-electron chi connectivity index (χ2n) is 5.34. The van der Waals surface area contributed by atoms with Crippen molar-refractivity contribution < 1.29 is 4.74 Å². The summed E-state index contributed by atoms with van der Waals surface area (Å²) in [7, 11) is -0.311. The molecule has 0 bridgehead atoms. The van der Waals surface area contributed by atoms with Crippen LogP contribution in [0.4, 0.5) is 0 Å². The SMILES string of the molecule is c1ccc(OCCCP(c2ccccc2)c2ccccc2)cc1. The predicted octanol–water partition coefficient (Wildman–Crippen LogP) is 4.59. The maximum Gasteiger partial charge on any atom is 0.119 e. The van der Waals surface area contributed by atoms with Gasteiger partial charge in [0.05, 0.1) is 6.61 Å². The van der Waals surface area contributed by atoms with Crippen molar-refractivity contribution in [1.29, 1.82) is 0 Å². The lowest BCUT2D eigenvalue weighted by Gasteiger charge is -2.18. The minimum Gasteiger partial charge on any atom is -0.494 e. The normalized spacial score (nSPS) is 10.7. The highest BCUT2D eigenvalue weighted by molar-refractivity contribution is 7.73. The Labute approximate surface area is 139 Å². The summed E-state index contributed by atoms with van der Waals surface area (Å²) in [6, 6.07) is 31.7.